The van der Waals surface area contributed by atoms with E-state index >= 15 is 0 Å². The highest BCUT2D eigenvalue weighted by molar-refractivity contribution is 5.65. The smallest absolute Gasteiger partial charge is 0.166 e. The zero-order valence-corrected chi connectivity index (χ0v) is 19.3. The molecule has 5 heteroatoms. The molecule has 1 aliphatic heterocycles. The van der Waals surface area contributed by atoms with Crippen LogP contribution >= 0.6 is 0 Å². The molecule has 0 spiro atoms. The molecule has 0 amide bonds. The Balaban J connectivity index is 1.25. The maximum absolute atomic E-state index is 15.0. The van der Waals surface area contributed by atoms with Crippen molar-refractivity contribution in [1.82, 2.24) is 0 Å². The van der Waals surface area contributed by atoms with Crippen molar-refractivity contribution in [2.24, 2.45) is 5.92 Å². The van der Waals surface area contributed by atoms with Crippen LogP contribution in [-0.4, -0.2) is 6.61 Å². The first-order chi connectivity index (χ1) is 16.5. The van der Waals surface area contributed by atoms with Crippen molar-refractivity contribution >= 4 is 0 Å². The zero-order valence-electron chi connectivity index (χ0n) is 19.3. The Morgan fingerprint density at radius 2 is 1.56 bits per heavy atom. The highest BCUT2D eigenvalue weighted by atomic mass is 19.2. The minimum absolute atomic E-state index is 0.0952. The summed E-state index contributed by atoms with van der Waals surface area (Å²) in [5.74, 6) is -0.432. The van der Waals surface area contributed by atoms with Crippen molar-refractivity contribution in [3.63, 3.8) is 0 Å². The molecule has 0 N–H and O–H groups in total. The minimum Gasteiger partial charge on any atom is -0.489 e. The largest absolute Gasteiger partial charge is 0.489 e. The van der Waals surface area contributed by atoms with Gasteiger partial charge in [0.25, 0.3) is 0 Å². The molecule has 0 radical (unpaired) electrons. The van der Waals surface area contributed by atoms with Crippen LogP contribution < -0.4 is 4.74 Å². The van der Waals surface area contributed by atoms with E-state index in [9.17, 15) is 13.2 Å². The van der Waals surface area contributed by atoms with Gasteiger partial charge in [-0.3, -0.25) is 0 Å². The standard InChI is InChI=1S/C29H29F3O2/c1-2-18-3-6-20(7-4-18)23-13-14-24(29(32)28(23)31)21-8-10-22(11-9-21)33-16-19-5-12-25(26(30)15-19)27-17-34-27/h5,8-15,18,20,27H,2-4,6-7,16-17H2,1H3. The second-order valence-corrected chi connectivity index (χ2v) is 9.45. The number of epoxide rings is 1. The molecule has 1 unspecified atom stereocenters. The van der Waals surface area contributed by atoms with E-state index in [1.807, 2.05) is 6.07 Å². The summed E-state index contributed by atoms with van der Waals surface area (Å²) in [6, 6.07) is 15.3. The van der Waals surface area contributed by atoms with Gasteiger partial charge in [0.1, 0.15) is 24.3 Å². The number of rotatable bonds is 7. The lowest BCUT2D eigenvalue weighted by molar-refractivity contribution is 0.305. The molecular formula is C29H29F3O2. The molecule has 1 saturated heterocycles. The lowest BCUT2D eigenvalue weighted by atomic mass is 9.77. The van der Waals surface area contributed by atoms with E-state index < -0.39 is 11.6 Å². The molecule has 2 aliphatic rings. The number of hydrogen-bond donors (Lipinski definition) is 0. The van der Waals surface area contributed by atoms with Crippen LogP contribution in [0.3, 0.4) is 0 Å². The van der Waals surface area contributed by atoms with Crippen LogP contribution in [-0.2, 0) is 11.3 Å². The van der Waals surface area contributed by atoms with Crippen LogP contribution in [0, 0.1) is 23.4 Å². The van der Waals surface area contributed by atoms with Crippen LogP contribution in [0.4, 0.5) is 13.2 Å². The van der Waals surface area contributed by atoms with Gasteiger partial charge in [0.2, 0.25) is 0 Å². The molecule has 34 heavy (non-hydrogen) atoms. The summed E-state index contributed by atoms with van der Waals surface area (Å²) in [6.07, 6.45) is 5.02. The predicted octanol–water partition coefficient (Wildman–Crippen LogP) is 8.11. The molecule has 1 saturated carbocycles. The van der Waals surface area contributed by atoms with Crippen LogP contribution in [0.15, 0.2) is 54.6 Å². The van der Waals surface area contributed by atoms with Crippen molar-refractivity contribution in [2.45, 2.75) is 57.7 Å². The molecule has 1 atom stereocenters. The Labute approximate surface area is 198 Å². The maximum Gasteiger partial charge on any atom is 0.166 e. The Bertz CT molecular complexity index is 1150. The first-order valence-corrected chi connectivity index (χ1v) is 12.1. The minimum atomic E-state index is -0.793. The van der Waals surface area contributed by atoms with Gasteiger partial charge < -0.3 is 9.47 Å². The van der Waals surface area contributed by atoms with Crippen LogP contribution in [0.5, 0.6) is 5.75 Å². The van der Waals surface area contributed by atoms with Crippen molar-refractivity contribution < 1.29 is 22.6 Å². The van der Waals surface area contributed by atoms with Gasteiger partial charge in [0.05, 0.1) is 6.61 Å². The molecule has 1 heterocycles. The van der Waals surface area contributed by atoms with E-state index in [0.717, 1.165) is 32.1 Å². The molecule has 2 fully saturated rings. The zero-order chi connectivity index (χ0) is 23.7. The summed E-state index contributed by atoms with van der Waals surface area (Å²) in [5.41, 5.74) is 2.62. The van der Waals surface area contributed by atoms with Gasteiger partial charge in [-0.2, -0.15) is 0 Å². The average Bonchev–Trinajstić information content (AvgIpc) is 3.70. The predicted molar refractivity (Wildman–Crippen MR) is 126 cm³/mol. The fourth-order valence-electron chi connectivity index (χ4n) is 5.03. The molecule has 3 aromatic rings. The van der Waals surface area contributed by atoms with Gasteiger partial charge in [-0.25, -0.2) is 13.2 Å². The molecule has 2 nitrogen and oxygen atoms in total. The second kappa shape index (κ2) is 9.83. The van der Waals surface area contributed by atoms with Gasteiger partial charge in [-0.15, -0.1) is 0 Å². The molecular weight excluding hydrogens is 437 g/mol. The Hall–Kier alpha value is -2.79. The maximum atomic E-state index is 15.0. The summed E-state index contributed by atoms with van der Waals surface area (Å²) in [6.45, 7) is 2.96. The lowest BCUT2D eigenvalue weighted by Gasteiger charge is -2.28. The summed E-state index contributed by atoms with van der Waals surface area (Å²) < 4.78 is 55.0. The van der Waals surface area contributed by atoms with E-state index in [0.29, 0.717) is 40.5 Å². The van der Waals surface area contributed by atoms with Gasteiger partial charge in [0.15, 0.2) is 11.6 Å². The first kappa shape index (κ1) is 23.0. The summed E-state index contributed by atoms with van der Waals surface area (Å²) in [4.78, 5) is 0. The topological polar surface area (TPSA) is 21.8 Å². The molecule has 178 valence electrons. The summed E-state index contributed by atoms with van der Waals surface area (Å²) in [7, 11) is 0. The van der Waals surface area contributed by atoms with Gasteiger partial charge >= 0.3 is 0 Å². The normalized spacial score (nSPS) is 21.9. The third kappa shape index (κ3) is 4.85. The van der Waals surface area contributed by atoms with E-state index in [4.69, 9.17) is 9.47 Å². The third-order valence-electron chi connectivity index (χ3n) is 7.29. The van der Waals surface area contributed by atoms with E-state index in [-0.39, 0.29) is 30.0 Å². The molecule has 1 aliphatic carbocycles. The molecule has 0 aromatic heterocycles. The second-order valence-electron chi connectivity index (χ2n) is 9.45. The number of hydrogen-bond acceptors (Lipinski definition) is 2. The SMILES string of the molecule is CCC1CCC(c2ccc(-c3ccc(OCc4ccc(C5CO5)c(F)c4)cc3)c(F)c2F)CC1. The van der Waals surface area contributed by atoms with E-state index in [2.05, 4.69) is 6.92 Å². The van der Waals surface area contributed by atoms with Crippen molar-refractivity contribution in [3.8, 4) is 16.9 Å². The van der Waals surface area contributed by atoms with Crippen molar-refractivity contribution in [2.75, 3.05) is 6.61 Å². The van der Waals surface area contributed by atoms with Crippen LogP contribution in [0.1, 0.15) is 67.7 Å². The quantitative estimate of drug-likeness (QED) is 0.328. The van der Waals surface area contributed by atoms with Crippen molar-refractivity contribution in [3.05, 3.63) is 88.7 Å². The average molecular weight is 467 g/mol. The van der Waals surface area contributed by atoms with Gasteiger partial charge in [0, 0.05) is 11.1 Å². The number of halogens is 3. The van der Waals surface area contributed by atoms with E-state index in [1.165, 1.54) is 6.07 Å². The third-order valence-corrected chi connectivity index (χ3v) is 7.29. The Morgan fingerprint density at radius 3 is 2.21 bits per heavy atom. The number of ether oxygens (including phenoxy) is 2. The highest BCUT2D eigenvalue weighted by Gasteiger charge is 2.28. The summed E-state index contributed by atoms with van der Waals surface area (Å²) >= 11 is 0. The fraction of sp³-hybridized carbons (Fsp3) is 0.379. The number of benzene rings is 3. The van der Waals surface area contributed by atoms with Crippen LogP contribution in [0.25, 0.3) is 11.1 Å². The fourth-order valence-corrected chi connectivity index (χ4v) is 5.03. The van der Waals surface area contributed by atoms with Crippen molar-refractivity contribution in [1.29, 1.82) is 0 Å². The molecule has 0 bridgehead atoms. The first-order valence-electron chi connectivity index (χ1n) is 12.1. The lowest BCUT2D eigenvalue weighted by Crippen LogP contribution is -2.14. The molecule has 3 aromatic carbocycles. The Morgan fingerprint density at radius 1 is 0.853 bits per heavy atom. The Kier molecular flexibility index (Phi) is 6.64. The highest BCUT2D eigenvalue weighted by Crippen LogP contribution is 2.40. The van der Waals surface area contributed by atoms with E-state index in [1.54, 1.807) is 42.5 Å². The van der Waals surface area contributed by atoms with Gasteiger partial charge in [-0.05, 0) is 72.4 Å². The van der Waals surface area contributed by atoms with Gasteiger partial charge in [-0.1, -0.05) is 49.7 Å². The monoisotopic (exact) mass is 466 g/mol. The molecule has 5 rings (SSSR count). The van der Waals surface area contributed by atoms with Crippen LogP contribution in [0.2, 0.25) is 0 Å². The summed E-state index contributed by atoms with van der Waals surface area (Å²) in [5, 5.41) is 0.